The van der Waals surface area contributed by atoms with Crippen LogP contribution in [0.3, 0.4) is 0 Å². The number of fused-ring (bicyclic) bond motifs is 1. The lowest BCUT2D eigenvalue weighted by Crippen LogP contribution is -2.25. The van der Waals surface area contributed by atoms with Gasteiger partial charge in [0.25, 0.3) is 0 Å². The molecule has 0 aliphatic carbocycles. The largest absolute Gasteiger partial charge is 0.436 e. The second-order valence-electron chi connectivity index (χ2n) is 8.53. The lowest BCUT2D eigenvalue weighted by molar-refractivity contribution is -0.182. The van der Waals surface area contributed by atoms with E-state index in [9.17, 15) is 8.78 Å². The number of benzene rings is 2. The fourth-order valence-electron chi connectivity index (χ4n) is 4.36. The second-order valence-corrected chi connectivity index (χ2v) is 9.58. The Morgan fingerprint density at radius 3 is 2.50 bits per heavy atom. The Hall–Kier alpha value is -2.05. The minimum Gasteiger partial charge on any atom is -0.428 e. The second kappa shape index (κ2) is 9.84. The molecule has 2 atom stereocenters. The SMILES string of the molecule is CCCc1ccc(OC(F)(F)c2cc3ccc(C4CCC(CCC)OC4)c(F)c3s2)cc1. The van der Waals surface area contributed by atoms with Crippen LogP contribution in [0.25, 0.3) is 10.1 Å². The van der Waals surface area contributed by atoms with E-state index in [4.69, 9.17) is 9.47 Å². The predicted molar refractivity (Wildman–Crippen MR) is 123 cm³/mol. The van der Waals surface area contributed by atoms with Crippen molar-refractivity contribution < 1.29 is 22.6 Å². The van der Waals surface area contributed by atoms with Crippen molar-refractivity contribution in [1.29, 1.82) is 0 Å². The highest BCUT2D eigenvalue weighted by atomic mass is 32.1. The van der Waals surface area contributed by atoms with Crippen molar-refractivity contribution in [1.82, 2.24) is 0 Å². The van der Waals surface area contributed by atoms with Gasteiger partial charge in [0.15, 0.2) is 0 Å². The van der Waals surface area contributed by atoms with Crippen molar-refractivity contribution in [3.05, 3.63) is 64.3 Å². The molecule has 1 saturated heterocycles. The lowest BCUT2D eigenvalue weighted by Gasteiger charge is -2.29. The first kappa shape index (κ1) is 23.1. The lowest BCUT2D eigenvalue weighted by atomic mass is 9.89. The summed E-state index contributed by atoms with van der Waals surface area (Å²) in [5.41, 5.74) is 1.63. The summed E-state index contributed by atoms with van der Waals surface area (Å²) in [7, 11) is 0. The highest BCUT2D eigenvalue weighted by Gasteiger charge is 2.37. The van der Waals surface area contributed by atoms with Crippen LogP contribution in [-0.4, -0.2) is 12.7 Å². The Morgan fingerprint density at radius 2 is 1.84 bits per heavy atom. The molecule has 0 spiro atoms. The van der Waals surface area contributed by atoms with Crippen LogP contribution >= 0.6 is 11.3 Å². The summed E-state index contributed by atoms with van der Waals surface area (Å²) in [6.45, 7) is 4.66. The smallest absolute Gasteiger partial charge is 0.428 e. The molecule has 4 rings (SSSR count). The third-order valence-electron chi connectivity index (χ3n) is 6.07. The monoisotopic (exact) mass is 462 g/mol. The van der Waals surface area contributed by atoms with Gasteiger partial charge in [0.2, 0.25) is 0 Å². The van der Waals surface area contributed by atoms with Gasteiger partial charge in [-0.15, -0.1) is 11.3 Å². The number of halogens is 3. The molecule has 1 aromatic heterocycles. The topological polar surface area (TPSA) is 18.5 Å². The maximum atomic E-state index is 15.3. The van der Waals surface area contributed by atoms with Crippen molar-refractivity contribution in [2.75, 3.05) is 6.61 Å². The number of aryl methyl sites for hydroxylation is 1. The molecule has 3 aromatic rings. The van der Waals surface area contributed by atoms with Crippen LogP contribution < -0.4 is 4.74 Å². The van der Waals surface area contributed by atoms with Gasteiger partial charge >= 0.3 is 6.11 Å². The first-order valence-corrected chi connectivity index (χ1v) is 12.2. The molecule has 172 valence electrons. The van der Waals surface area contributed by atoms with Crippen molar-refractivity contribution in [2.45, 2.75) is 70.5 Å². The molecule has 0 N–H and O–H groups in total. The molecule has 6 heteroatoms. The van der Waals surface area contributed by atoms with E-state index in [2.05, 4.69) is 13.8 Å². The molecule has 2 heterocycles. The average Bonchev–Trinajstić information content (AvgIpc) is 3.23. The van der Waals surface area contributed by atoms with Gasteiger partial charge in [-0.2, -0.15) is 8.78 Å². The van der Waals surface area contributed by atoms with Crippen molar-refractivity contribution in [2.24, 2.45) is 0 Å². The van der Waals surface area contributed by atoms with E-state index in [0.717, 1.165) is 55.4 Å². The molecule has 1 fully saturated rings. The third-order valence-corrected chi connectivity index (χ3v) is 7.27. The average molecular weight is 463 g/mol. The minimum absolute atomic E-state index is 0.0450. The van der Waals surface area contributed by atoms with Gasteiger partial charge in [0, 0.05) is 5.92 Å². The van der Waals surface area contributed by atoms with Gasteiger partial charge in [-0.1, -0.05) is 51.0 Å². The van der Waals surface area contributed by atoms with E-state index in [1.54, 1.807) is 36.4 Å². The fraction of sp³-hybridized carbons (Fsp3) is 0.462. The minimum atomic E-state index is -3.54. The summed E-state index contributed by atoms with van der Waals surface area (Å²) in [6.07, 6.45) is 2.39. The number of ether oxygens (including phenoxy) is 2. The molecule has 2 nitrogen and oxygen atoms in total. The molecule has 0 saturated carbocycles. The van der Waals surface area contributed by atoms with E-state index in [1.165, 1.54) is 6.07 Å². The predicted octanol–water partition coefficient (Wildman–Crippen LogP) is 8.18. The van der Waals surface area contributed by atoms with Crippen LogP contribution in [0.1, 0.15) is 67.9 Å². The summed E-state index contributed by atoms with van der Waals surface area (Å²) in [5, 5.41) is 0.466. The Kier molecular flexibility index (Phi) is 7.11. The normalized spacial score (nSPS) is 19.4. The van der Waals surface area contributed by atoms with Crippen LogP contribution in [0.4, 0.5) is 13.2 Å². The van der Waals surface area contributed by atoms with Gasteiger partial charge < -0.3 is 9.47 Å². The quantitative estimate of drug-likeness (QED) is 0.336. The van der Waals surface area contributed by atoms with Crippen LogP contribution in [0.5, 0.6) is 5.75 Å². The van der Waals surface area contributed by atoms with Crippen molar-refractivity contribution in [3.63, 3.8) is 0 Å². The third kappa shape index (κ3) is 4.96. The zero-order chi connectivity index (χ0) is 22.7. The first-order valence-electron chi connectivity index (χ1n) is 11.4. The first-order chi connectivity index (χ1) is 15.4. The number of hydrogen-bond donors (Lipinski definition) is 0. The highest BCUT2D eigenvalue weighted by molar-refractivity contribution is 7.19. The zero-order valence-electron chi connectivity index (χ0n) is 18.5. The Labute approximate surface area is 191 Å². The summed E-state index contributed by atoms with van der Waals surface area (Å²) in [4.78, 5) is -0.302. The molecule has 0 bridgehead atoms. The fourth-order valence-corrected chi connectivity index (χ4v) is 5.37. The Bertz CT molecular complexity index is 1040. The standard InChI is InChI=1S/C26H29F3O2S/c1-3-5-17-7-11-21(12-8-17)31-26(28,29)23-15-18-10-14-22(24(27)25(18)32-23)19-9-13-20(6-4-2)30-16-19/h7-8,10-12,14-15,19-20H,3-6,9,13,16H2,1-2H3. The highest BCUT2D eigenvalue weighted by Crippen LogP contribution is 2.42. The van der Waals surface area contributed by atoms with Gasteiger partial charge in [-0.25, -0.2) is 4.39 Å². The number of alkyl halides is 2. The van der Waals surface area contributed by atoms with Crippen molar-refractivity contribution in [3.8, 4) is 5.75 Å². The molecule has 2 aromatic carbocycles. The molecule has 32 heavy (non-hydrogen) atoms. The maximum absolute atomic E-state index is 15.3. The van der Waals surface area contributed by atoms with Crippen molar-refractivity contribution >= 4 is 21.4 Å². The van der Waals surface area contributed by atoms with Crippen LogP contribution in [0.2, 0.25) is 0 Å². The molecule has 0 amide bonds. The zero-order valence-corrected chi connectivity index (χ0v) is 19.3. The van der Waals surface area contributed by atoms with E-state index in [0.29, 0.717) is 17.6 Å². The van der Waals surface area contributed by atoms with E-state index < -0.39 is 11.9 Å². The maximum Gasteiger partial charge on any atom is 0.436 e. The van der Waals surface area contributed by atoms with Crippen LogP contribution in [0.15, 0.2) is 42.5 Å². The molecule has 2 unspecified atom stereocenters. The van der Waals surface area contributed by atoms with Crippen LogP contribution in [0, 0.1) is 5.82 Å². The van der Waals surface area contributed by atoms with E-state index in [1.807, 2.05) is 0 Å². The molecule has 1 aliphatic rings. The van der Waals surface area contributed by atoms with Gasteiger partial charge in [0.05, 0.1) is 17.4 Å². The van der Waals surface area contributed by atoms with Gasteiger partial charge in [0.1, 0.15) is 16.4 Å². The Morgan fingerprint density at radius 1 is 1.06 bits per heavy atom. The van der Waals surface area contributed by atoms with Gasteiger partial charge in [-0.05, 0) is 60.4 Å². The summed E-state index contributed by atoms with van der Waals surface area (Å²) >= 11 is 0.757. The number of thiophene rings is 1. The molecular weight excluding hydrogens is 433 g/mol. The number of hydrogen-bond acceptors (Lipinski definition) is 3. The van der Waals surface area contributed by atoms with E-state index in [-0.39, 0.29) is 27.3 Å². The van der Waals surface area contributed by atoms with Crippen LogP contribution in [-0.2, 0) is 17.3 Å². The summed E-state index contributed by atoms with van der Waals surface area (Å²) < 4.78 is 56.2. The molecular formula is C26H29F3O2S. The molecule has 1 aliphatic heterocycles. The summed E-state index contributed by atoms with van der Waals surface area (Å²) in [6, 6.07) is 11.5. The Balaban J connectivity index is 1.53. The number of rotatable bonds is 8. The van der Waals surface area contributed by atoms with Gasteiger partial charge in [-0.3, -0.25) is 0 Å². The molecule has 0 radical (unpaired) electrons. The summed E-state index contributed by atoms with van der Waals surface area (Å²) in [5.74, 6) is -0.369. The van der Waals surface area contributed by atoms with E-state index >= 15 is 4.39 Å².